The van der Waals surface area contributed by atoms with Crippen LogP contribution in [-0.2, 0) is 11.3 Å². The maximum Gasteiger partial charge on any atom is 0.0509 e. The molecule has 0 amide bonds. The van der Waals surface area contributed by atoms with Crippen LogP contribution in [0.2, 0.25) is 0 Å². The van der Waals surface area contributed by atoms with Gasteiger partial charge in [0.2, 0.25) is 0 Å². The zero-order valence-corrected chi connectivity index (χ0v) is 14.0. The Balaban J connectivity index is 1.51. The Labute approximate surface area is 142 Å². The zero-order chi connectivity index (χ0) is 16.4. The molecule has 0 spiro atoms. The number of hydrogen-bond acceptors (Lipinski definition) is 3. The number of hydrogen-bond donors (Lipinski definition) is 1. The number of nitrogens with zero attached hydrogens (tertiary/aromatic N) is 2. The molecular formula is C20H23N3O. The van der Waals surface area contributed by atoms with Gasteiger partial charge in [-0.25, -0.2) is 0 Å². The van der Waals surface area contributed by atoms with E-state index in [4.69, 9.17) is 4.74 Å². The molecule has 124 valence electrons. The minimum absolute atomic E-state index is 0.518. The Morgan fingerprint density at radius 1 is 1.17 bits per heavy atom. The van der Waals surface area contributed by atoms with Crippen LogP contribution < -0.4 is 0 Å². The SMILES string of the molecule is COC[C@@H]1CN(Cc2ccc3[nH]ccc3c2)C[C@H]1c1ccncc1. The lowest BCUT2D eigenvalue weighted by molar-refractivity contribution is 0.147. The number of H-pyrrole nitrogens is 1. The van der Waals surface area contributed by atoms with Crippen LogP contribution in [0.5, 0.6) is 0 Å². The molecule has 1 fully saturated rings. The predicted octanol–water partition coefficient (Wildman–Crippen LogP) is 3.42. The van der Waals surface area contributed by atoms with Crippen molar-refractivity contribution in [3.63, 3.8) is 0 Å². The number of benzene rings is 1. The van der Waals surface area contributed by atoms with Gasteiger partial charge in [-0.15, -0.1) is 0 Å². The molecule has 1 saturated heterocycles. The highest BCUT2D eigenvalue weighted by Crippen LogP contribution is 2.33. The van der Waals surface area contributed by atoms with Crippen LogP contribution in [0.25, 0.3) is 10.9 Å². The standard InChI is InChI=1S/C20H23N3O/c1-24-14-18-12-23(13-19(18)16-4-7-21-8-5-16)11-15-2-3-20-17(10-15)6-9-22-20/h2-10,18-19,22H,11-14H2,1H3/t18-,19-/m0/s1. The topological polar surface area (TPSA) is 41.1 Å². The highest BCUT2D eigenvalue weighted by atomic mass is 16.5. The van der Waals surface area contributed by atoms with Crippen molar-refractivity contribution in [3.05, 3.63) is 66.1 Å². The van der Waals surface area contributed by atoms with Gasteiger partial charge in [-0.1, -0.05) is 6.07 Å². The molecule has 4 rings (SSSR count). The van der Waals surface area contributed by atoms with Crippen LogP contribution in [0, 0.1) is 5.92 Å². The quantitative estimate of drug-likeness (QED) is 0.783. The van der Waals surface area contributed by atoms with Crippen LogP contribution in [0.15, 0.2) is 55.0 Å². The molecule has 3 aromatic rings. The molecule has 1 N–H and O–H groups in total. The summed E-state index contributed by atoms with van der Waals surface area (Å²) in [5.41, 5.74) is 3.94. The fourth-order valence-corrected chi connectivity index (χ4v) is 3.92. The number of aromatic nitrogens is 2. The first-order chi connectivity index (χ1) is 11.8. The van der Waals surface area contributed by atoms with Gasteiger partial charge >= 0.3 is 0 Å². The van der Waals surface area contributed by atoms with Crippen molar-refractivity contribution in [1.29, 1.82) is 0 Å². The van der Waals surface area contributed by atoms with E-state index in [0.29, 0.717) is 11.8 Å². The number of nitrogens with one attached hydrogen (secondary N) is 1. The van der Waals surface area contributed by atoms with Crippen LogP contribution in [0.3, 0.4) is 0 Å². The largest absolute Gasteiger partial charge is 0.384 e. The normalized spacial score (nSPS) is 21.5. The second-order valence-corrected chi connectivity index (χ2v) is 6.70. The van der Waals surface area contributed by atoms with Gasteiger partial charge in [0.1, 0.15) is 0 Å². The molecule has 1 aromatic carbocycles. The third kappa shape index (κ3) is 3.07. The van der Waals surface area contributed by atoms with Crippen LogP contribution >= 0.6 is 0 Å². The van der Waals surface area contributed by atoms with Crippen molar-refractivity contribution in [2.75, 3.05) is 26.8 Å². The molecule has 0 saturated carbocycles. The lowest BCUT2D eigenvalue weighted by Crippen LogP contribution is -2.21. The molecule has 1 aliphatic heterocycles. The van der Waals surface area contributed by atoms with E-state index in [2.05, 4.69) is 51.3 Å². The first-order valence-corrected chi connectivity index (χ1v) is 8.51. The Kier molecular flexibility index (Phi) is 4.32. The second-order valence-electron chi connectivity index (χ2n) is 6.70. The van der Waals surface area contributed by atoms with E-state index in [0.717, 1.165) is 26.2 Å². The van der Waals surface area contributed by atoms with Crippen molar-refractivity contribution in [2.24, 2.45) is 5.92 Å². The molecule has 2 atom stereocenters. The van der Waals surface area contributed by atoms with Crippen LogP contribution in [0.4, 0.5) is 0 Å². The molecule has 0 aliphatic carbocycles. The third-order valence-corrected chi connectivity index (χ3v) is 5.06. The smallest absolute Gasteiger partial charge is 0.0509 e. The van der Waals surface area contributed by atoms with Gasteiger partial charge in [0, 0.05) is 62.7 Å². The Bertz CT molecular complexity index is 799. The van der Waals surface area contributed by atoms with Crippen molar-refractivity contribution in [3.8, 4) is 0 Å². The fourth-order valence-electron chi connectivity index (χ4n) is 3.92. The third-order valence-electron chi connectivity index (χ3n) is 5.06. The first-order valence-electron chi connectivity index (χ1n) is 8.51. The molecule has 2 aromatic heterocycles. The molecular weight excluding hydrogens is 298 g/mol. The highest BCUT2D eigenvalue weighted by molar-refractivity contribution is 5.79. The van der Waals surface area contributed by atoms with Crippen molar-refractivity contribution in [2.45, 2.75) is 12.5 Å². The minimum atomic E-state index is 0.518. The summed E-state index contributed by atoms with van der Waals surface area (Å²) in [4.78, 5) is 9.95. The Morgan fingerprint density at radius 2 is 2.04 bits per heavy atom. The van der Waals surface area contributed by atoms with Crippen molar-refractivity contribution in [1.82, 2.24) is 14.9 Å². The number of methoxy groups -OCH3 is 1. The van der Waals surface area contributed by atoms with E-state index >= 15 is 0 Å². The van der Waals surface area contributed by atoms with Gasteiger partial charge in [-0.05, 0) is 46.8 Å². The lowest BCUT2D eigenvalue weighted by Gasteiger charge is -2.17. The van der Waals surface area contributed by atoms with Gasteiger partial charge in [0.25, 0.3) is 0 Å². The van der Waals surface area contributed by atoms with E-state index in [1.165, 1.54) is 22.0 Å². The first kappa shape index (κ1) is 15.4. The van der Waals surface area contributed by atoms with Gasteiger partial charge in [-0.3, -0.25) is 9.88 Å². The molecule has 3 heterocycles. The minimum Gasteiger partial charge on any atom is -0.384 e. The van der Waals surface area contributed by atoms with E-state index in [1.807, 2.05) is 18.6 Å². The molecule has 4 nitrogen and oxygen atoms in total. The molecule has 24 heavy (non-hydrogen) atoms. The van der Waals surface area contributed by atoms with E-state index in [1.54, 1.807) is 7.11 Å². The monoisotopic (exact) mass is 321 g/mol. The Morgan fingerprint density at radius 3 is 2.88 bits per heavy atom. The summed E-state index contributed by atoms with van der Waals surface area (Å²) in [6.07, 6.45) is 5.78. The van der Waals surface area contributed by atoms with Gasteiger partial charge < -0.3 is 9.72 Å². The van der Waals surface area contributed by atoms with E-state index < -0.39 is 0 Å². The Hall–Kier alpha value is -2.17. The zero-order valence-electron chi connectivity index (χ0n) is 14.0. The molecule has 0 unspecified atom stereocenters. The summed E-state index contributed by atoms with van der Waals surface area (Å²) in [5.74, 6) is 1.05. The lowest BCUT2D eigenvalue weighted by atomic mass is 9.90. The van der Waals surface area contributed by atoms with Gasteiger partial charge in [0.05, 0.1) is 6.61 Å². The summed E-state index contributed by atoms with van der Waals surface area (Å²) in [6, 6.07) is 13.1. The summed E-state index contributed by atoms with van der Waals surface area (Å²) in [7, 11) is 1.80. The van der Waals surface area contributed by atoms with E-state index in [9.17, 15) is 0 Å². The number of likely N-dealkylation sites (tertiary alicyclic amines) is 1. The molecule has 1 aliphatic rings. The molecule has 4 heteroatoms. The number of pyridine rings is 1. The number of ether oxygens (including phenoxy) is 1. The predicted molar refractivity (Wildman–Crippen MR) is 95.9 cm³/mol. The van der Waals surface area contributed by atoms with Gasteiger partial charge in [-0.2, -0.15) is 0 Å². The molecule has 0 radical (unpaired) electrons. The second kappa shape index (κ2) is 6.75. The van der Waals surface area contributed by atoms with Crippen molar-refractivity contribution >= 4 is 10.9 Å². The number of fused-ring (bicyclic) bond motifs is 1. The number of aromatic amines is 1. The van der Waals surface area contributed by atoms with Crippen LogP contribution in [0.1, 0.15) is 17.0 Å². The van der Waals surface area contributed by atoms with Gasteiger partial charge in [0.15, 0.2) is 0 Å². The van der Waals surface area contributed by atoms with E-state index in [-0.39, 0.29) is 0 Å². The summed E-state index contributed by atoms with van der Waals surface area (Å²) < 4.78 is 5.48. The maximum atomic E-state index is 5.48. The number of rotatable bonds is 5. The average Bonchev–Trinajstić information content (AvgIpc) is 3.22. The summed E-state index contributed by atoms with van der Waals surface area (Å²) in [6.45, 7) is 3.94. The fraction of sp³-hybridized carbons (Fsp3) is 0.350. The highest BCUT2D eigenvalue weighted by Gasteiger charge is 2.33. The van der Waals surface area contributed by atoms with Crippen LogP contribution in [-0.4, -0.2) is 41.7 Å². The molecule has 0 bridgehead atoms. The van der Waals surface area contributed by atoms with Crippen molar-refractivity contribution < 1.29 is 4.74 Å². The summed E-state index contributed by atoms with van der Waals surface area (Å²) >= 11 is 0. The summed E-state index contributed by atoms with van der Waals surface area (Å²) in [5, 5.41) is 1.28. The average molecular weight is 321 g/mol. The maximum absolute atomic E-state index is 5.48.